The molecule has 2 aromatic carbocycles. The Morgan fingerprint density at radius 2 is 1.89 bits per heavy atom. The number of oxazole rings is 1. The van der Waals surface area contributed by atoms with Crippen molar-refractivity contribution >= 4 is 34.5 Å². The third-order valence-corrected chi connectivity index (χ3v) is 4.72. The van der Waals surface area contributed by atoms with Crippen molar-refractivity contribution in [1.82, 2.24) is 10.3 Å². The van der Waals surface area contributed by atoms with Gasteiger partial charge in [-0.3, -0.25) is 9.59 Å². The Morgan fingerprint density at radius 3 is 2.61 bits per heavy atom. The number of carbonyl (C=O) groups is 2. The summed E-state index contributed by atoms with van der Waals surface area (Å²) in [6.07, 6.45) is 1.43. The fourth-order valence-electron chi connectivity index (χ4n) is 2.34. The van der Waals surface area contributed by atoms with Gasteiger partial charge in [-0.15, -0.1) is 0 Å². The van der Waals surface area contributed by atoms with Gasteiger partial charge in [0, 0.05) is 9.13 Å². The summed E-state index contributed by atoms with van der Waals surface area (Å²) in [5, 5.41) is 2.54. The largest absolute Gasteiger partial charge is 0.497 e. The van der Waals surface area contributed by atoms with Gasteiger partial charge in [0.2, 0.25) is 5.89 Å². The first-order valence-corrected chi connectivity index (χ1v) is 9.42. The second-order valence-corrected chi connectivity index (χ2v) is 6.86. The summed E-state index contributed by atoms with van der Waals surface area (Å²) in [6, 6.07) is 14.4. The predicted octanol–water partition coefficient (Wildman–Crippen LogP) is 3.43. The van der Waals surface area contributed by atoms with E-state index in [1.54, 1.807) is 31.4 Å². The number of nitrogens with one attached hydrogen (secondary N) is 1. The highest BCUT2D eigenvalue weighted by Crippen LogP contribution is 2.22. The molecule has 0 fully saturated rings. The Labute approximate surface area is 175 Å². The molecule has 0 aliphatic carbocycles. The molecule has 0 atom stereocenters. The van der Waals surface area contributed by atoms with Gasteiger partial charge in [0.15, 0.2) is 0 Å². The molecule has 0 saturated carbocycles. The normalized spacial score (nSPS) is 10.4. The minimum absolute atomic E-state index is 0.0444. The van der Waals surface area contributed by atoms with Gasteiger partial charge in [-0.1, -0.05) is 12.1 Å². The van der Waals surface area contributed by atoms with Crippen LogP contribution in [0.1, 0.15) is 16.1 Å². The molecule has 0 aliphatic heterocycles. The SMILES string of the molecule is COc1ccc(-c2nc(COC(=O)CNC(=O)c3ccccc3I)co2)cc1. The summed E-state index contributed by atoms with van der Waals surface area (Å²) >= 11 is 2.07. The molecule has 7 nitrogen and oxygen atoms in total. The van der Waals surface area contributed by atoms with Crippen molar-refractivity contribution in [3.05, 3.63) is 69.6 Å². The van der Waals surface area contributed by atoms with Gasteiger partial charge < -0.3 is 19.2 Å². The van der Waals surface area contributed by atoms with Crippen molar-refractivity contribution in [2.75, 3.05) is 13.7 Å². The zero-order valence-electron chi connectivity index (χ0n) is 15.0. The zero-order valence-corrected chi connectivity index (χ0v) is 17.1. The molecule has 3 aromatic rings. The van der Waals surface area contributed by atoms with Crippen molar-refractivity contribution < 1.29 is 23.5 Å². The molecule has 28 heavy (non-hydrogen) atoms. The smallest absolute Gasteiger partial charge is 0.325 e. The van der Waals surface area contributed by atoms with Gasteiger partial charge in [0.25, 0.3) is 5.91 Å². The standard InChI is InChI=1S/C20H17IN2O5/c1-26-15-8-6-13(7-9-15)20-23-14(12-28-20)11-27-18(24)10-22-19(25)16-4-2-3-5-17(16)21/h2-9,12H,10-11H2,1H3,(H,22,25). The van der Waals surface area contributed by atoms with Crippen LogP contribution >= 0.6 is 22.6 Å². The molecule has 8 heteroatoms. The first-order chi connectivity index (χ1) is 13.6. The minimum Gasteiger partial charge on any atom is -0.497 e. The van der Waals surface area contributed by atoms with Crippen LogP contribution < -0.4 is 10.1 Å². The maximum Gasteiger partial charge on any atom is 0.325 e. The van der Waals surface area contributed by atoms with E-state index in [1.807, 2.05) is 24.3 Å². The number of hydrogen-bond acceptors (Lipinski definition) is 6. The van der Waals surface area contributed by atoms with Gasteiger partial charge in [0.05, 0.1) is 12.7 Å². The molecule has 0 aliphatic rings. The van der Waals surface area contributed by atoms with E-state index in [4.69, 9.17) is 13.9 Å². The van der Waals surface area contributed by atoms with Gasteiger partial charge in [-0.25, -0.2) is 4.98 Å². The third kappa shape index (κ3) is 5.10. The molecule has 1 heterocycles. The Bertz CT molecular complexity index is 969. The number of hydrogen-bond donors (Lipinski definition) is 1. The van der Waals surface area contributed by atoms with Crippen LogP contribution in [0.4, 0.5) is 0 Å². The van der Waals surface area contributed by atoms with Gasteiger partial charge in [0.1, 0.15) is 30.9 Å². The Hall–Kier alpha value is -2.88. The Balaban J connectivity index is 1.49. The molecular weight excluding hydrogens is 475 g/mol. The lowest BCUT2D eigenvalue weighted by Gasteiger charge is -2.06. The molecule has 1 aromatic heterocycles. The van der Waals surface area contributed by atoms with E-state index in [2.05, 4.69) is 32.9 Å². The fourth-order valence-corrected chi connectivity index (χ4v) is 2.97. The topological polar surface area (TPSA) is 90.7 Å². The van der Waals surface area contributed by atoms with Crippen molar-refractivity contribution in [3.8, 4) is 17.2 Å². The van der Waals surface area contributed by atoms with Crippen LogP contribution in [0.5, 0.6) is 5.75 Å². The van der Waals surface area contributed by atoms with Crippen LogP contribution in [0.3, 0.4) is 0 Å². The van der Waals surface area contributed by atoms with Crippen LogP contribution in [0.25, 0.3) is 11.5 Å². The molecule has 0 bridgehead atoms. The summed E-state index contributed by atoms with van der Waals surface area (Å²) < 4.78 is 16.5. The molecule has 0 radical (unpaired) electrons. The number of nitrogens with zero attached hydrogens (tertiary/aromatic N) is 1. The number of amides is 1. The number of esters is 1. The maximum atomic E-state index is 12.1. The second-order valence-electron chi connectivity index (χ2n) is 5.70. The summed E-state index contributed by atoms with van der Waals surface area (Å²) in [5.41, 5.74) is 1.77. The molecular formula is C20H17IN2O5. The summed E-state index contributed by atoms with van der Waals surface area (Å²) in [5.74, 6) is 0.260. The summed E-state index contributed by atoms with van der Waals surface area (Å²) in [7, 11) is 1.59. The highest BCUT2D eigenvalue weighted by atomic mass is 127. The van der Waals surface area contributed by atoms with Crippen molar-refractivity contribution in [1.29, 1.82) is 0 Å². The van der Waals surface area contributed by atoms with Crippen LogP contribution in [-0.4, -0.2) is 30.5 Å². The number of benzene rings is 2. The van der Waals surface area contributed by atoms with E-state index in [0.717, 1.165) is 14.9 Å². The minimum atomic E-state index is -0.562. The van der Waals surface area contributed by atoms with Crippen LogP contribution in [0.15, 0.2) is 59.2 Å². The number of carbonyl (C=O) groups excluding carboxylic acids is 2. The zero-order chi connectivity index (χ0) is 19.9. The molecule has 144 valence electrons. The third-order valence-electron chi connectivity index (χ3n) is 3.78. The molecule has 3 rings (SSSR count). The number of ether oxygens (including phenoxy) is 2. The quantitative estimate of drug-likeness (QED) is 0.402. The monoisotopic (exact) mass is 492 g/mol. The van der Waals surface area contributed by atoms with Crippen molar-refractivity contribution in [2.24, 2.45) is 0 Å². The molecule has 1 amide bonds. The number of aromatic nitrogens is 1. The highest BCUT2D eigenvalue weighted by Gasteiger charge is 2.13. The Morgan fingerprint density at radius 1 is 1.14 bits per heavy atom. The first kappa shape index (κ1) is 19.9. The van der Waals surface area contributed by atoms with E-state index in [9.17, 15) is 9.59 Å². The predicted molar refractivity (Wildman–Crippen MR) is 110 cm³/mol. The van der Waals surface area contributed by atoms with Gasteiger partial charge in [-0.05, 0) is 59.0 Å². The fraction of sp³-hybridized carbons (Fsp3) is 0.150. The molecule has 0 unspecified atom stereocenters. The number of methoxy groups -OCH3 is 1. The first-order valence-electron chi connectivity index (χ1n) is 8.34. The lowest BCUT2D eigenvalue weighted by molar-refractivity contribution is -0.143. The highest BCUT2D eigenvalue weighted by molar-refractivity contribution is 14.1. The van der Waals surface area contributed by atoms with Crippen molar-refractivity contribution in [3.63, 3.8) is 0 Å². The van der Waals surface area contributed by atoms with E-state index in [0.29, 0.717) is 17.1 Å². The lowest BCUT2D eigenvalue weighted by atomic mass is 10.2. The Kier molecular flexibility index (Phi) is 6.64. The summed E-state index contributed by atoms with van der Waals surface area (Å²) in [6.45, 7) is -0.274. The second kappa shape index (κ2) is 9.36. The van der Waals surface area contributed by atoms with Gasteiger partial charge >= 0.3 is 5.97 Å². The number of halogens is 1. The van der Waals surface area contributed by atoms with Crippen LogP contribution in [0.2, 0.25) is 0 Å². The maximum absolute atomic E-state index is 12.1. The molecule has 0 spiro atoms. The average Bonchev–Trinajstić information content (AvgIpc) is 3.20. The number of rotatable bonds is 7. The van der Waals surface area contributed by atoms with Crippen molar-refractivity contribution in [2.45, 2.75) is 6.61 Å². The lowest BCUT2D eigenvalue weighted by Crippen LogP contribution is -2.31. The average molecular weight is 492 g/mol. The van der Waals surface area contributed by atoms with E-state index < -0.39 is 5.97 Å². The molecule has 0 saturated heterocycles. The van der Waals surface area contributed by atoms with E-state index in [1.165, 1.54) is 6.26 Å². The molecule has 1 N–H and O–H groups in total. The van der Waals surface area contributed by atoms with E-state index in [-0.39, 0.29) is 19.1 Å². The van der Waals surface area contributed by atoms with E-state index >= 15 is 0 Å². The summed E-state index contributed by atoms with van der Waals surface area (Å²) in [4.78, 5) is 28.3. The van der Waals surface area contributed by atoms with Crippen LogP contribution in [-0.2, 0) is 16.1 Å². The van der Waals surface area contributed by atoms with Crippen LogP contribution in [0, 0.1) is 3.57 Å². The van der Waals surface area contributed by atoms with Gasteiger partial charge in [-0.2, -0.15) is 0 Å².